The van der Waals surface area contributed by atoms with E-state index in [1.54, 1.807) is 18.2 Å². The lowest BCUT2D eigenvalue weighted by atomic mass is 9.71. The van der Waals surface area contributed by atoms with Gasteiger partial charge in [-0.25, -0.2) is 0 Å². The van der Waals surface area contributed by atoms with Crippen LogP contribution in [0.15, 0.2) is 46.8 Å². The average molecular weight is 359 g/mol. The lowest BCUT2D eigenvalue weighted by Crippen LogP contribution is -2.36. The Morgan fingerprint density at radius 3 is 2.08 bits per heavy atom. The number of rotatable bonds is 3. The van der Waals surface area contributed by atoms with E-state index in [1.165, 1.54) is 6.07 Å². The normalized spacial score (nSPS) is 20.9. The van der Waals surface area contributed by atoms with Crippen LogP contribution < -0.4 is 10.1 Å². The lowest BCUT2D eigenvalue weighted by Gasteiger charge is -2.37. The first kappa shape index (κ1) is 16.9. The zero-order valence-electron chi connectivity index (χ0n) is 14.2. The van der Waals surface area contributed by atoms with Gasteiger partial charge in [0.2, 0.25) is 0 Å². The minimum absolute atomic E-state index is 0.0184. The number of ether oxygens (including phenoxy) is 1. The molecular formula is C20H19F2NO3. The van der Waals surface area contributed by atoms with Crippen LogP contribution in [-0.2, 0) is 9.59 Å². The van der Waals surface area contributed by atoms with Gasteiger partial charge < -0.3 is 10.1 Å². The fourth-order valence-corrected chi connectivity index (χ4v) is 4.22. The predicted molar refractivity (Wildman–Crippen MR) is 90.7 cm³/mol. The van der Waals surface area contributed by atoms with Gasteiger partial charge in [0.1, 0.15) is 5.75 Å². The first-order valence-corrected chi connectivity index (χ1v) is 8.89. The number of allylic oxidation sites excluding steroid dienone is 4. The molecular weight excluding hydrogens is 340 g/mol. The molecule has 4 rings (SSSR count). The maximum Gasteiger partial charge on any atom is 0.387 e. The Morgan fingerprint density at radius 1 is 0.923 bits per heavy atom. The highest BCUT2D eigenvalue weighted by Gasteiger charge is 2.41. The third-order valence-corrected chi connectivity index (χ3v) is 5.24. The topological polar surface area (TPSA) is 55.4 Å². The van der Waals surface area contributed by atoms with E-state index in [-0.39, 0.29) is 17.3 Å². The maximum atomic E-state index is 12.9. The molecule has 136 valence electrons. The van der Waals surface area contributed by atoms with Crippen molar-refractivity contribution in [3.8, 4) is 5.75 Å². The van der Waals surface area contributed by atoms with Crippen LogP contribution in [0.1, 0.15) is 50.0 Å². The second-order valence-electron chi connectivity index (χ2n) is 6.81. The summed E-state index contributed by atoms with van der Waals surface area (Å²) in [5.41, 5.74) is 3.18. The summed E-state index contributed by atoms with van der Waals surface area (Å²) in [4.78, 5) is 25.4. The molecule has 1 aromatic carbocycles. The Bertz CT molecular complexity index is 799. The largest absolute Gasteiger partial charge is 0.435 e. The quantitative estimate of drug-likeness (QED) is 0.887. The third kappa shape index (κ3) is 2.83. The van der Waals surface area contributed by atoms with E-state index in [0.29, 0.717) is 29.6 Å². The molecule has 1 N–H and O–H groups in total. The molecule has 6 heteroatoms. The number of hydrogen-bond donors (Lipinski definition) is 1. The van der Waals surface area contributed by atoms with Gasteiger partial charge >= 0.3 is 6.61 Å². The Labute approximate surface area is 149 Å². The highest BCUT2D eigenvalue weighted by Crippen LogP contribution is 2.47. The molecule has 0 atom stereocenters. The summed E-state index contributed by atoms with van der Waals surface area (Å²) in [5, 5.41) is 3.31. The fourth-order valence-electron chi connectivity index (χ4n) is 4.22. The molecule has 3 aliphatic rings. The van der Waals surface area contributed by atoms with Gasteiger partial charge in [-0.1, -0.05) is 18.2 Å². The van der Waals surface area contributed by atoms with Crippen molar-refractivity contribution in [3.63, 3.8) is 0 Å². The van der Waals surface area contributed by atoms with Gasteiger partial charge in [0.15, 0.2) is 11.6 Å². The van der Waals surface area contributed by atoms with E-state index in [1.807, 2.05) is 0 Å². The van der Waals surface area contributed by atoms with Gasteiger partial charge in [0, 0.05) is 46.9 Å². The Hall–Kier alpha value is -2.50. The number of benzene rings is 1. The van der Waals surface area contributed by atoms with Crippen LogP contribution in [0.25, 0.3) is 0 Å². The Balaban J connectivity index is 1.91. The minimum atomic E-state index is -2.97. The van der Waals surface area contributed by atoms with Crippen LogP contribution in [0.5, 0.6) is 5.75 Å². The van der Waals surface area contributed by atoms with Gasteiger partial charge in [-0.3, -0.25) is 9.59 Å². The van der Waals surface area contributed by atoms with Crippen LogP contribution in [0.3, 0.4) is 0 Å². The summed E-state index contributed by atoms with van der Waals surface area (Å²) < 4.78 is 30.5. The molecule has 1 aromatic rings. The summed E-state index contributed by atoms with van der Waals surface area (Å²) in [5.74, 6) is -0.664. The van der Waals surface area contributed by atoms with Gasteiger partial charge in [-0.2, -0.15) is 8.78 Å². The molecule has 0 saturated heterocycles. The van der Waals surface area contributed by atoms with Crippen LogP contribution in [0.4, 0.5) is 8.78 Å². The molecule has 0 bridgehead atoms. The van der Waals surface area contributed by atoms with Crippen LogP contribution >= 0.6 is 0 Å². The van der Waals surface area contributed by atoms with Crippen molar-refractivity contribution >= 4 is 11.6 Å². The summed E-state index contributed by atoms with van der Waals surface area (Å²) in [6.45, 7) is -2.97. The van der Waals surface area contributed by atoms with Crippen molar-refractivity contribution in [2.45, 2.75) is 51.1 Å². The predicted octanol–water partition coefficient (Wildman–Crippen LogP) is 3.99. The van der Waals surface area contributed by atoms with Gasteiger partial charge in [-0.15, -0.1) is 0 Å². The van der Waals surface area contributed by atoms with E-state index >= 15 is 0 Å². The number of carbonyl (C=O) groups is 2. The maximum absolute atomic E-state index is 12.9. The summed E-state index contributed by atoms with van der Waals surface area (Å²) in [7, 11) is 0. The SMILES string of the molecule is O=C1CCCC2=C1C(c1ccccc1OC(F)F)C1=C(CCCC1=O)N2. The number of nitrogens with one attached hydrogen (secondary N) is 1. The van der Waals surface area contributed by atoms with Crippen molar-refractivity contribution in [1.82, 2.24) is 5.32 Å². The molecule has 0 amide bonds. The van der Waals surface area contributed by atoms with E-state index in [2.05, 4.69) is 5.32 Å². The molecule has 0 fully saturated rings. The van der Waals surface area contributed by atoms with E-state index < -0.39 is 12.5 Å². The number of halogens is 2. The van der Waals surface area contributed by atoms with Crippen LogP contribution in [0, 0.1) is 0 Å². The highest BCUT2D eigenvalue weighted by atomic mass is 19.3. The monoisotopic (exact) mass is 359 g/mol. The number of ketones is 2. The summed E-state index contributed by atoms with van der Waals surface area (Å²) >= 11 is 0. The smallest absolute Gasteiger partial charge is 0.387 e. The van der Waals surface area contributed by atoms with E-state index in [0.717, 1.165) is 37.1 Å². The standard InChI is InChI=1S/C20H19F2NO3/c21-20(22)26-16-10-2-1-5-11(16)17-18-12(6-3-8-14(18)24)23-13-7-4-9-15(25)19(13)17/h1-2,5,10,17,20,23H,3-4,6-9H2. The number of para-hydroxylation sites is 1. The molecule has 0 saturated carbocycles. The number of hydrogen-bond acceptors (Lipinski definition) is 4. The molecule has 2 aliphatic carbocycles. The van der Waals surface area contributed by atoms with E-state index in [4.69, 9.17) is 4.74 Å². The fraction of sp³-hybridized carbons (Fsp3) is 0.400. The molecule has 0 unspecified atom stereocenters. The van der Waals surface area contributed by atoms with Crippen molar-refractivity contribution in [1.29, 1.82) is 0 Å². The number of dihydropyridines is 1. The van der Waals surface area contributed by atoms with E-state index in [9.17, 15) is 18.4 Å². The average Bonchev–Trinajstić information content (AvgIpc) is 2.61. The zero-order chi connectivity index (χ0) is 18.3. The first-order chi connectivity index (χ1) is 12.6. The minimum Gasteiger partial charge on any atom is -0.435 e. The second kappa shape index (κ2) is 6.67. The zero-order valence-corrected chi connectivity index (χ0v) is 14.2. The molecule has 1 aliphatic heterocycles. The van der Waals surface area contributed by atoms with Crippen LogP contribution in [0.2, 0.25) is 0 Å². The summed E-state index contributed by atoms with van der Waals surface area (Å²) in [6, 6.07) is 6.46. The highest BCUT2D eigenvalue weighted by molar-refractivity contribution is 6.06. The van der Waals surface area contributed by atoms with Crippen molar-refractivity contribution < 1.29 is 23.1 Å². The number of alkyl halides is 2. The second-order valence-corrected chi connectivity index (χ2v) is 6.81. The van der Waals surface area contributed by atoms with Crippen molar-refractivity contribution in [3.05, 3.63) is 52.4 Å². The third-order valence-electron chi connectivity index (χ3n) is 5.24. The Morgan fingerprint density at radius 2 is 1.50 bits per heavy atom. The first-order valence-electron chi connectivity index (χ1n) is 8.89. The van der Waals surface area contributed by atoms with Crippen molar-refractivity contribution in [2.24, 2.45) is 0 Å². The molecule has 1 heterocycles. The lowest BCUT2D eigenvalue weighted by molar-refractivity contribution is -0.116. The molecule has 0 radical (unpaired) electrons. The van der Waals surface area contributed by atoms with Gasteiger partial charge in [0.05, 0.1) is 0 Å². The van der Waals surface area contributed by atoms with Gasteiger partial charge in [0.25, 0.3) is 0 Å². The molecule has 0 aromatic heterocycles. The number of Topliss-reactive ketones (excluding diaryl/α,β-unsaturated/α-hetero) is 2. The summed E-state index contributed by atoms with van der Waals surface area (Å²) in [6.07, 6.45) is 3.77. The molecule has 0 spiro atoms. The van der Waals surface area contributed by atoms with Crippen molar-refractivity contribution in [2.75, 3.05) is 0 Å². The molecule has 26 heavy (non-hydrogen) atoms. The van der Waals surface area contributed by atoms with Gasteiger partial charge in [-0.05, 0) is 31.7 Å². The molecule has 4 nitrogen and oxygen atoms in total. The number of carbonyl (C=O) groups excluding carboxylic acids is 2. The Kier molecular flexibility index (Phi) is 4.34. The van der Waals surface area contributed by atoms with Crippen LogP contribution in [-0.4, -0.2) is 18.2 Å².